The first-order valence-corrected chi connectivity index (χ1v) is 11.7. The number of amides is 1. The highest BCUT2D eigenvalue weighted by atomic mass is 35.5. The number of carbonyl (C=O) groups is 1. The number of primary amides is 1. The van der Waals surface area contributed by atoms with Crippen molar-refractivity contribution in [1.29, 1.82) is 0 Å². The van der Waals surface area contributed by atoms with E-state index in [0.29, 0.717) is 51.7 Å². The fourth-order valence-electron chi connectivity index (χ4n) is 4.24. The summed E-state index contributed by atoms with van der Waals surface area (Å²) in [6, 6.07) is 22.1. The van der Waals surface area contributed by atoms with Crippen LogP contribution in [0.15, 0.2) is 84.1 Å². The number of hydrogen-bond donors (Lipinski definition) is 2. The van der Waals surface area contributed by atoms with Crippen molar-refractivity contribution in [3.8, 4) is 22.9 Å². The highest BCUT2D eigenvalue weighted by molar-refractivity contribution is 6.33. The molecule has 0 radical (unpaired) electrons. The van der Waals surface area contributed by atoms with E-state index in [4.69, 9.17) is 31.9 Å². The number of nitrogens with two attached hydrogens (primary N) is 1. The number of halogens is 1. The molecule has 0 fully saturated rings. The number of carbonyl (C=O) groups excluding carboxylic acids is 1. The molecule has 3 N–H and O–H groups in total. The van der Waals surface area contributed by atoms with Crippen LogP contribution in [-0.2, 0) is 11.4 Å². The molecule has 0 aliphatic carbocycles. The third-order valence-corrected chi connectivity index (χ3v) is 6.30. The van der Waals surface area contributed by atoms with Crippen LogP contribution in [0.1, 0.15) is 24.1 Å². The van der Waals surface area contributed by atoms with Crippen LogP contribution < -0.4 is 20.5 Å². The van der Waals surface area contributed by atoms with Gasteiger partial charge in [-0.3, -0.25) is 4.79 Å². The minimum atomic E-state index is -0.625. The maximum absolute atomic E-state index is 12.6. The van der Waals surface area contributed by atoms with Crippen molar-refractivity contribution >= 4 is 23.5 Å². The Kier molecular flexibility index (Phi) is 6.35. The Labute approximate surface area is 213 Å². The summed E-state index contributed by atoms with van der Waals surface area (Å²) in [5.41, 5.74) is 9.26. The fourth-order valence-corrected chi connectivity index (χ4v) is 4.46. The fraction of sp³-hybridized carbons (Fsp3) is 0.148. The lowest BCUT2D eigenvalue weighted by atomic mass is 9.95. The minimum Gasteiger partial charge on any atom is -0.493 e. The lowest BCUT2D eigenvalue weighted by Crippen LogP contribution is -2.31. The molecule has 2 heterocycles. The molecule has 1 aromatic heterocycles. The Hall–Kier alpha value is -4.30. The van der Waals surface area contributed by atoms with Gasteiger partial charge < -0.3 is 20.5 Å². The summed E-state index contributed by atoms with van der Waals surface area (Å²) >= 11 is 6.39. The molecule has 3 aromatic carbocycles. The average molecular weight is 502 g/mol. The molecule has 4 aromatic rings. The van der Waals surface area contributed by atoms with E-state index < -0.39 is 11.9 Å². The highest BCUT2D eigenvalue weighted by Crippen LogP contribution is 2.40. The summed E-state index contributed by atoms with van der Waals surface area (Å²) in [7, 11) is 1.57. The molecule has 0 spiro atoms. The number of nitrogens with one attached hydrogen (secondary N) is 1. The van der Waals surface area contributed by atoms with Crippen LogP contribution in [-0.4, -0.2) is 27.8 Å². The lowest BCUT2D eigenvalue weighted by molar-refractivity contribution is -0.115. The van der Waals surface area contributed by atoms with Gasteiger partial charge in [0, 0.05) is 11.3 Å². The van der Waals surface area contributed by atoms with Gasteiger partial charge in [0.25, 0.3) is 0 Å². The number of aromatic nitrogens is 3. The quantitative estimate of drug-likeness (QED) is 0.371. The number of hydrogen-bond acceptors (Lipinski definition) is 6. The summed E-state index contributed by atoms with van der Waals surface area (Å²) in [6.07, 6.45) is 0. The first-order chi connectivity index (χ1) is 17.5. The second-order valence-electron chi connectivity index (χ2n) is 8.30. The standard InChI is InChI=1S/C27H24ClN5O3/c1-16-23(25(29)34)24(33-27(30-16)31-26(32-33)19-10-6-7-11-20(19)28)18-12-13-21(22(14-18)35-2)36-15-17-8-4-3-5-9-17/h3-14,24H,15H2,1-2H3,(H2,29,34)(H,30,31,32). The Morgan fingerprint density at radius 3 is 2.56 bits per heavy atom. The molecular weight excluding hydrogens is 478 g/mol. The van der Waals surface area contributed by atoms with E-state index in [0.717, 1.165) is 11.1 Å². The highest BCUT2D eigenvalue weighted by Gasteiger charge is 2.34. The summed E-state index contributed by atoms with van der Waals surface area (Å²) in [5, 5.41) is 8.38. The van der Waals surface area contributed by atoms with E-state index in [-0.39, 0.29) is 0 Å². The van der Waals surface area contributed by atoms with E-state index in [2.05, 4.69) is 10.3 Å². The average Bonchev–Trinajstić information content (AvgIpc) is 3.30. The molecule has 5 rings (SSSR count). The van der Waals surface area contributed by atoms with Gasteiger partial charge in [0.15, 0.2) is 17.3 Å². The number of methoxy groups -OCH3 is 1. The molecule has 1 unspecified atom stereocenters. The van der Waals surface area contributed by atoms with Crippen molar-refractivity contribution in [2.45, 2.75) is 19.6 Å². The maximum atomic E-state index is 12.6. The van der Waals surface area contributed by atoms with Crippen LogP contribution in [0.5, 0.6) is 11.5 Å². The smallest absolute Gasteiger partial charge is 0.248 e. The molecule has 8 nitrogen and oxygen atoms in total. The van der Waals surface area contributed by atoms with E-state index in [1.807, 2.05) is 66.7 Å². The molecule has 1 atom stereocenters. The monoisotopic (exact) mass is 501 g/mol. The molecule has 182 valence electrons. The number of fused-ring (bicyclic) bond motifs is 1. The summed E-state index contributed by atoms with van der Waals surface area (Å²) in [5.74, 6) is 1.45. The van der Waals surface area contributed by atoms with Crippen molar-refractivity contribution in [3.05, 3.63) is 100 Å². The van der Waals surface area contributed by atoms with Gasteiger partial charge in [0.2, 0.25) is 11.9 Å². The number of benzene rings is 3. The van der Waals surface area contributed by atoms with Crippen molar-refractivity contribution in [2.24, 2.45) is 5.73 Å². The van der Waals surface area contributed by atoms with E-state index in [1.54, 1.807) is 24.8 Å². The lowest BCUT2D eigenvalue weighted by Gasteiger charge is -2.28. The van der Waals surface area contributed by atoms with Gasteiger partial charge in [-0.25, -0.2) is 4.68 Å². The Balaban J connectivity index is 1.55. The predicted molar refractivity (Wildman–Crippen MR) is 138 cm³/mol. The van der Waals surface area contributed by atoms with Crippen molar-refractivity contribution in [1.82, 2.24) is 14.8 Å². The Bertz CT molecular complexity index is 1470. The zero-order chi connectivity index (χ0) is 25.2. The minimum absolute atomic E-state index is 0.373. The van der Waals surface area contributed by atoms with E-state index >= 15 is 0 Å². The van der Waals surface area contributed by atoms with Crippen LogP contribution >= 0.6 is 11.6 Å². The number of allylic oxidation sites excluding steroid dienone is 1. The van der Waals surface area contributed by atoms with Gasteiger partial charge in [-0.05, 0) is 42.3 Å². The third kappa shape index (κ3) is 4.38. The normalized spacial score (nSPS) is 14.7. The topological polar surface area (TPSA) is 104 Å². The van der Waals surface area contributed by atoms with Gasteiger partial charge in [-0.15, -0.1) is 5.10 Å². The number of ether oxygens (including phenoxy) is 2. The number of rotatable bonds is 7. The van der Waals surface area contributed by atoms with Crippen LogP contribution in [0.2, 0.25) is 5.02 Å². The van der Waals surface area contributed by atoms with Crippen molar-refractivity contribution < 1.29 is 14.3 Å². The first-order valence-electron chi connectivity index (χ1n) is 11.3. The maximum Gasteiger partial charge on any atom is 0.248 e. The Morgan fingerprint density at radius 2 is 1.83 bits per heavy atom. The number of anilines is 1. The van der Waals surface area contributed by atoms with Gasteiger partial charge in [-0.2, -0.15) is 4.98 Å². The van der Waals surface area contributed by atoms with Gasteiger partial charge in [0.1, 0.15) is 12.6 Å². The zero-order valence-corrected chi connectivity index (χ0v) is 20.5. The SMILES string of the molecule is COc1cc(C2C(C(N)=O)=C(C)Nc3nc(-c4ccccc4Cl)nn32)ccc1OCc1ccccc1. The van der Waals surface area contributed by atoms with E-state index in [1.165, 1.54) is 0 Å². The summed E-state index contributed by atoms with van der Waals surface area (Å²) in [6.45, 7) is 2.18. The summed E-state index contributed by atoms with van der Waals surface area (Å²) < 4.78 is 13.3. The van der Waals surface area contributed by atoms with Crippen LogP contribution in [0.25, 0.3) is 11.4 Å². The molecule has 36 heavy (non-hydrogen) atoms. The molecule has 1 aliphatic rings. The molecule has 0 saturated carbocycles. The van der Waals surface area contributed by atoms with Gasteiger partial charge in [0.05, 0.1) is 17.7 Å². The van der Waals surface area contributed by atoms with E-state index in [9.17, 15) is 4.79 Å². The predicted octanol–water partition coefficient (Wildman–Crippen LogP) is 4.96. The third-order valence-electron chi connectivity index (χ3n) is 5.97. The largest absolute Gasteiger partial charge is 0.493 e. The Morgan fingerprint density at radius 1 is 1.08 bits per heavy atom. The van der Waals surface area contributed by atoms with Gasteiger partial charge in [-0.1, -0.05) is 60.1 Å². The second kappa shape index (κ2) is 9.75. The van der Waals surface area contributed by atoms with Crippen molar-refractivity contribution in [2.75, 3.05) is 12.4 Å². The summed E-state index contributed by atoms with van der Waals surface area (Å²) in [4.78, 5) is 17.2. The molecule has 1 aliphatic heterocycles. The molecular formula is C27H24ClN5O3. The van der Waals surface area contributed by atoms with Crippen molar-refractivity contribution in [3.63, 3.8) is 0 Å². The van der Waals surface area contributed by atoms with Gasteiger partial charge >= 0.3 is 0 Å². The van der Waals surface area contributed by atoms with Crippen LogP contribution in [0.4, 0.5) is 5.95 Å². The molecule has 1 amide bonds. The molecule has 9 heteroatoms. The molecule has 0 saturated heterocycles. The zero-order valence-electron chi connectivity index (χ0n) is 19.7. The number of nitrogens with zero attached hydrogens (tertiary/aromatic N) is 3. The van der Waals surface area contributed by atoms with Crippen LogP contribution in [0, 0.1) is 0 Å². The van der Waals surface area contributed by atoms with Crippen LogP contribution in [0.3, 0.4) is 0 Å². The first kappa shape index (κ1) is 23.4. The second-order valence-corrected chi connectivity index (χ2v) is 8.71. The molecule has 0 bridgehead atoms.